The molecular weight excluding hydrogens is 232 g/mol. The van der Waals surface area contributed by atoms with E-state index in [1.54, 1.807) is 4.68 Å². The van der Waals surface area contributed by atoms with Gasteiger partial charge in [-0.15, -0.1) is 0 Å². The molecule has 2 N–H and O–H groups in total. The number of piperidine rings is 1. The Morgan fingerprint density at radius 2 is 2.22 bits per heavy atom. The SMILES string of the molecule is O=C(O)C1CCCc2nc(C3CCCCN3)nn21. The van der Waals surface area contributed by atoms with E-state index in [0.717, 1.165) is 37.5 Å². The summed E-state index contributed by atoms with van der Waals surface area (Å²) in [5.74, 6) is 0.804. The average molecular weight is 250 g/mol. The highest BCUT2D eigenvalue weighted by atomic mass is 16.4. The Labute approximate surface area is 105 Å². The Balaban J connectivity index is 1.88. The number of aryl methyl sites for hydroxylation is 1. The Kier molecular flexibility index (Phi) is 3.03. The van der Waals surface area contributed by atoms with Crippen molar-refractivity contribution in [2.24, 2.45) is 0 Å². The van der Waals surface area contributed by atoms with Crippen molar-refractivity contribution in [2.45, 2.75) is 50.6 Å². The van der Waals surface area contributed by atoms with Gasteiger partial charge in [0.15, 0.2) is 11.9 Å². The number of nitrogens with one attached hydrogen (secondary N) is 1. The number of hydrogen-bond donors (Lipinski definition) is 2. The Hall–Kier alpha value is -1.43. The molecule has 0 radical (unpaired) electrons. The van der Waals surface area contributed by atoms with Gasteiger partial charge in [0.05, 0.1) is 6.04 Å². The van der Waals surface area contributed by atoms with Crippen molar-refractivity contribution < 1.29 is 9.90 Å². The van der Waals surface area contributed by atoms with E-state index in [-0.39, 0.29) is 6.04 Å². The average Bonchev–Trinajstić information content (AvgIpc) is 2.83. The molecule has 3 rings (SSSR count). The summed E-state index contributed by atoms with van der Waals surface area (Å²) in [4.78, 5) is 15.7. The summed E-state index contributed by atoms with van der Waals surface area (Å²) in [5, 5.41) is 17.0. The van der Waals surface area contributed by atoms with E-state index in [0.29, 0.717) is 6.42 Å². The fourth-order valence-corrected chi connectivity index (χ4v) is 2.82. The summed E-state index contributed by atoms with van der Waals surface area (Å²) < 4.78 is 1.62. The minimum Gasteiger partial charge on any atom is -0.480 e. The van der Waals surface area contributed by atoms with Crippen LogP contribution in [-0.4, -0.2) is 32.4 Å². The van der Waals surface area contributed by atoms with Crippen molar-refractivity contribution in [1.82, 2.24) is 20.1 Å². The molecule has 0 amide bonds. The van der Waals surface area contributed by atoms with Crippen LogP contribution >= 0.6 is 0 Å². The second-order valence-electron chi connectivity index (χ2n) is 5.08. The van der Waals surface area contributed by atoms with Crippen molar-refractivity contribution >= 4 is 5.97 Å². The van der Waals surface area contributed by atoms with Crippen LogP contribution in [0, 0.1) is 0 Å². The van der Waals surface area contributed by atoms with Crippen LogP contribution in [-0.2, 0) is 11.2 Å². The van der Waals surface area contributed by atoms with Crippen molar-refractivity contribution in [3.63, 3.8) is 0 Å². The third-order valence-corrected chi connectivity index (χ3v) is 3.80. The number of carboxylic acids is 1. The minimum absolute atomic E-state index is 0.200. The summed E-state index contributed by atoms with van der Waals surface area (Å²) in [6.07, 6.45) is 5.80. The first-order valence-electron chi connectivity index (χ1n) is 6.67. The number of carbonyl (C=O) groups is 1. The molecule has 0 saturated carbocycles. The monoisotopic (exact) mass is 250 g/mol. The van der Waals surface area contributed by atoms with E-state index in [1.165, 1.54) is 12.8 Å². The van der Waals surface area contributed by atoms with Crippen LogP contribution in [0.2, 0.25) is 0 Å². The Morgan fingerprint density at radius 3 is 2.94 bits per heavy atom. The lowest BCUT2D eigenvalue weighted by atomic mass is 10.0. The molecule has 2 unspecified atom stereocenters. The quantitative estimate of drug-likeness (QED) is 0.820. The molecule has 3 heterocycles. The largest absolute Gasteiger partial charge is 0.480 e. The Bertz CT molecular complexity index is 451. The first kappa shape index (κ1) is 11.6. The van der Waals surface area contributed by atoms with Gasteiger partial charge >= 0.3 is 5.97 Å². The fraction of sp³-hybridized carbons (Fsp3) is 0.750. The third kappa shape index (κ3) is 2.01. The van der Waals surface area contributed by atoms with E-state index in [9.17, 15) is 9.90 Å². The molecule has 1 aromatic heterocycles. The summed E-state index contributed by atoms with van der Waals surface area (Å²) in [6, 6.07) is -0.329. The third-order valence-electron chi connectivity index (χ3n) is 3.80. The maximum absolute atomic E-state index is 11.2. The lowest BCUT2D eigenvalue weighted by Gasteiger charge is -2.20. The summed E-state index contributed by atoms with van der Waals surface area (Å²) in [5.41, 5.74) is 0. The van der Waals surface area contributed by atoms with Gasteiger partial charge < -0.3 is 10.4 Å². The number of rotatable bonds is 2. The van der Waals surface area contributed by atoms with Gasteiger partial charge in [-0.3, -0.25) is 0 Å². The van der Waals surface area contributed by atoms with Crippen molar-refractivity contribution in [3.8, 4) is 0 Å². The lowest BCUT2D eigenvalue weighted by Crippen LogP contribution is -2.28. The second kappa shape index (κ2) is 4.68. The molecule has 1 saturated heterocycles. The maximum Gasteiger partial charge on any atom is 0.328 e. The van der Waals surface area contributed by atoms with Gasteiger partial charge in [-0.05, 0) is 32.2 Å². The summed E-state index contributed by atoms with van der Waals surface area (Å²) in [6.45, 7) is 0.997. The molecule has 2 aliphatic rings. The minimum atomic E-state index is -0.802. The summed E-state index contributed by atoms with van der Waals surface area (Å²) in [7, 11) is 0. The molecule has 6 nitrogen and oxygen atoms in total. The molecule has 0 aliphatic carbocycles. The number of nitrogens with zero attached hydrogens (tertiary/aromatic N) is 3. The number of carboxylic acid groups (broad SMARTS) is 1. The van der Waals surface area contributed by atoms with Crippen LogP contribution in [0.15, 0.2) is 0 Å². The Morgan fingerprint density at radius 1 is 1.33 bits per heavy atom. The molecular formula is C12H18N4O2. The van der Waals surface area contributed by atoms with Crippen LogP contribution in [0.5, 0.6) is 0 Å². The van der Waals surface area contributed by atoms with Gasteiger partial charge in [0, 0.05) is 6.42 Å². The highest BCUT2D eigenvalue weighted by Crippen LogP contribution is 2.26. The molecule has 2 aliphatic heterocycles. The van der Waals surface area contributed by atoms with Crippen LogP contribution in [0.25, 0.3) is 0 Å². The van der Waals surface area contributed by atoms with Gasteiger partial charge in [-0.2, -0.15) is 5.10 Å². The smallest absolute Gasteiger partial charge is 0.328 e. The van der Waals surface area contributed by atoms with E-state index < -0.39 is 12.0 Å². The van der Waals surface area contributed by atoms with Crippen molar-refractivity contribution in [1.29, 1.82) is 0 Å². The normalized spacial score (nSPS) is 27.8. The molecule has 0 aromatic carbocycles. The van der Waals surface area contributed by atoms with Crippen LogP contribution in [0.3, 0.4) is 0 Å². The van der Waals surface area contributed by atoms with E-state index in [1.807, 2.05) is 0 Å². The van der Waals surface area contributed by atoms with Crippen LogP contribution in [0.4, 0.5) is 0 Å². The predicted molar refractivity (Wildman–Crippen MR) is 64.2 cm³/mol. The van der Waals surface area contributed by atoms with Gasteiger partial charge in [-0.25, -0.2) is 14.5 Å². The van der Waals surface area contributed by atoms with Gasteiger partial charge in [-0.1, -0.05) is 6.42 Å². The van der Waals surface area contributed by atoms with Gasteiger partial charge in [0.2, 0.25) is 0 Å². The highest BCUT2D eigenvalue weighted by molar-refractivity contribution is 5.71. The molecule has 2 atom stereocenters. The molecule has 6 heteroatoms. The predicted octanol–water partition coefficient (Wildman–Crippen LogP) is 1.05. The zero-order valence-electron chi connectivity index (χ0n) is 10.3. The van der Waals surface area contributed by atoms with Crippen molar-refractivity contribution in [2.75, 3.05) is 6.54 Å². The number of fused-ring (bicyclic) bond motifs is 1. The van der Waals surface area contributed by atoms with Gasteiger partial charge in [0.1, 0.15) is 5.82 Å². The first-order valence-corrected chi connectivity index (χ1v) is 6.67. The van der Waals surface area contributed by atoms with Crippen molar-refractivity contribution in [3.05, 3.63) is 11.6 Å². The standard InChI is InChI=1S/C12H18N4O2/c17-12(18)9-5-3-6-10-14-11(15-16(9)10)8-4-1-2-7-13-8/h8-9,13H,1-7H2,(H,17,18). The highest BCUT2D eigenvalue weighted by Gasteiger charge is 2.30. The molecule has 0 spiro atoms. The number of aromatic nitrogens is 3. The number of aliphatic carboxylic acids is 1. The van der Waals surface area contributed by atoms with Crippen LogP contribution < -0.4 is 5.32 Å². The molecule has 0 bridgehead atoms. The zero-order valence-corrected chi connectivity index (χ0v) is 10.3. The number of hydrogen-bond acceptors (Lipinski definition) is 4. The summed E-state index contributed by atoms with van der Waals surface area (Å²) >= 11 is 0. The molecule has 98 valence electrons. The van der Waals surface area contributed by atoms with Gasteiger partial charge in [0.25, 0.3) is 0 Å². The molecule has 1 fully saturated rings. The second-order valence-corrected chi connectivity index (χ2v) is 5.08. The van der Waals surface area contributed by atoms with E-state index >= 15 is 0 Å². The molecule has 18 heavy (non-hydrogen) atoms. The lowest BCUT2D eigenvalue weighted by molar-refractivity contribution is -0.141. The van der Waals surface area contributed by atoms with E-state index in [4.69, 9.17) is 0 Å². The van der Waals surface area contributed by atoms with E-state index in [2.05, 4.69) is 15.4 Å². The maximum atomic E-state index is 11.2. The fourth-order valence-electron chi connectivity index (χ4n) is 2.82. The van der Waals surface area contributed by atoms with Crippen LogP contribution in [0.1, 0.15) is 55.8 Å². The zero-order chi connectivity index (χ0) is 12.5. The molecule has 1 aromatic rings. The topological polar surface area (TPSA) is 80.0 Å². The first-order chi connectivity index (χ1) is 8.75.